The average Bonchev–Trinajstić information content (AvgIpc) is 2.77. The lowest BCUT2D eigenvalue weighted by Crippen LogP contribution is -2.18. The van der Waals surface area contributed by atoms with Crippen LogP contribution in [0.15, 0.2) is 18.2 Å². The van der Waals surface area contributed by atoms with Crippen molar-refractivity contribution in [3.05, 3.63) is 34.1 Å². The highest BCUT2D eigenvalue weighted by Crippen LogP contribution is 2.32. The Hall–Kier alpha value is -2.18. The van der Waals surface area contributed by atoms with Crippen molar-refractivity contribution in [2.45, 2.75) is 25.3 Å². The number of anilines is 1. The highest BCUT2D eigenvalue weighted by atomic mass is 19.1. The zero-order valence-corrected chi connectivity index (χ0v) is 10.0. The highest BCUT2D eigenvalue weighted by Gasteiger charge is 2.30. The van der Waals surface area contributed by atoms with E-state index >= 15 is 0 Å². The van der Waals surface area contributed by atoms with Crippen LogP contribution in [0, 0.1) is 21.8 Å². The maximum atomic E-state index is 13.1. The number of rotatable bonds is 4. The van der Waals surface area contributed by atoms with Crippen LogP contribution in [0.3, 0.4) is 0 Å². The number of nitro benzene ring substituents is 1. The first kappa shape index (κ1) is 13.3. The molecule has 1 aliphatic carbocycles. The van der Waals surface area contributed by atoms with Crippen molar-refractivity contribution < 1.29 is 19.2 Å². The lowest BCUT2D eigenvalue weighted by molar-refractivity contribution is -0.384. The number of hydrogen-bond acceptors (Lipinski definition) is 4. The summed E-state index contributed by atoms with van der Waals surface area (Å²) in [5, 5.41) is 22.6. The van der Waals surface area contributed by atoms with E-state index in [0.717, 1.165) is 18.2 Å². The molecule has 1 aliphatic rings. The van der Waals surface area contributed by atoms with Crippen molar-refractivity contribution in [3.8, 4) is 0 Å². The van der Waals surface area contributed by atoms with Crippen LogP contribution in [0.25, 0.3) is 0 Å². The predicted molar refractivity (Wildman–Crippen MR) is 65.4 cm³/mol. The number of hydrogen-bond donors (Lipinski definition) is 2. The Morgan fingerprint density at radius 2 is 2.21 bits per heavy atom. The summed E-state index contributed by atoms with van der Waals surface area (Å²) < 4.78 is 13.1. The SMILES string of the molecule is O=C(O)[C@@H]1CC[C@H](Nc2cc(F)ccc2[N+](=O)[O-])C1. The van der Waals surface area contributed by atoms with Crippen molar-refractivity contribution in [3.63, 3.8) is 0 Å². The van der Waals surface area contributed by atoms with Gasteiger partial charge in [-0.25, -0.2) is 4.39 Å². The number of nitrogens with one attached hydrogen (secondary N) is 1. The van der Waals surface area contributed by atoms with Crippen molar-refractivity contribution in [1.82, 2.24) is 0 Å². The second-order valence-electron chi connectivity index (χ2n) is 4.61. The van der Waals surface area contributed by atoms with E-state index in [4.69, 9.17) is 5.11 Å². The van der Waals surface area contributed by atoms with Gasteiger partial charge in [-0.2, -0.15) is 0 Å². The van der Waals surface area contributed by atoms with Gasteiger partial charge in [-0.15, -0.1) is 0 Å². The van der Waals surface area contributed by atoms with E-state index in [2.05, 4.69) is 5.32 Å². The fourth-order valence-corrected chi connectivity index (χ4v) is 2.34. The zero-order valence-electron chi connectivity index (χ0n) is 10.0. The Bertz CT molecular complexity index is 520. The summed E-state index contributed by atoms with van der Waals surface area (Å²) in [7, 11) is 0. The molecule has 0 radical (unpaired) electrons. The number of benzene rings is 1. The molecule has 0 aliphatic heterocycles. The Kier molecular flexibility index (Phi) is 3.64. The number of nitro groups is 1. The molecule has 1 aromatic rings. The molecule has 1 fully saturated rings. The van der Waals surface area contributed by atoms with Gasteiger partial charge in [-0.3, -0.25) is 14.9 Å². The van der Waals surface area contributed by atoms with E-state index in [1.807, 2.05) is 0 Å². The lowest BCUT2D eigenvalue weighted by atomic mass is 10.1. The van der Waals surface area contributed by atoms with Gasteiger partial charge in [0.1, 0.15) is 11.5 Å². The minimum Gasteiger partial charge on any atom is -0.481 e. The summed E-state index contributed by atoms with van der Waals surface area (Å²) in [5.41, 5.74) is -0.110. The van der Waals surface area contributed by atoms with E-state index in [9.17, 15) is 19.3 Å². The van der Waals surface area contributed by atoms with Crippen LogP contribution in [0.5, 0.6) is 0 Å². The Morgan fingerprint density at radius 1 is 1.47 bits per heavy atom. The number of aliphatic carboxylic acids is 1. The zero-order chi connectivity index (χ0) is 14.0. The average molecular weight is 268 g/mol. The van der Waals surface area contributed by atoms with Crippen molar-refractivity contribution in [2.24, 2.45) is 5.92 Å². The molecule has 2 atom stereocenters. The predicted octanol–water partition coefficient (Wildman–Crippen LogP) is 2.40. The molecule has 0 saturated heterocycles. The summed E-state index contributed by atoms with van der Waals surface area (Å²) >= 11 is 0. The first-order chi connectivity index (χ1) is 8.97. The van der Waals surface area contributed by atoms with Crippen LogP contribution in [-0.4, -0.2) is 22.0 Å². The molecule has 6 nitrogen and oxygen atoms in total. The monoisotopic (exact) mass is 268 g/mol. The van der Waals surface area contributed by atoms with Gasteiger partial charge in [0, 0.05) is 18.2 Å². The van der Waals surface area contributed by atoms with E-state index in [1.165, 1.54) is 0 Å². The third kappa shape index (κ3) is 2.98. The molecule has 0 spiro atoms. The molecule has 0 heterocycles. The quantitative estimate of drug-likeness (QED) is 0.646. The summed E-state index contributed by atoms with van der Waals surface area (Å²) in [5.74, 6) is -1.87. The second-order valence-corrected chi connectivity index (χ2v) is 4.61. The third-order valence-electron chi connectivity index (χ3n) is 3.30. The molecular formula is C12H13FN2O4. The minimum atomic E-state index is -0.863. The second kappa shape index (κ2) is 5.21. The van der Waals surface area contributed by atoms with Crippen LogP contribution in [0.4, 0.5) is 15.8 Å². The Labute approximate surface area is 108 Å². The van der Waals surface area contributed by atoms with E-state index in [0.29, 0.717) is 19.3 Å². The smallest absolute Gasteiger partial charge is 0.306 e. The number of carboxylic acid groups (broad SMARTS) is 1. The van der Waals surface area contributed by atoms with Crippen molar-refractivity contribution in [2.75, 3.05) is 5.32 Å². The molecule has 0 aromatic heterocycles. The first-order valence-corrected chi connectivity index (χ1v) is 5.90. The molecule has 2 rings (SSSR count). The maximum absolute atomic E-state index is 13.1. The van der Waals surface area contributed by atoms with Crippen molar-refractivity contribution in [1.29, 1.82) is 0 Å². The minimum absolute atomic E-state index is 0.0982. The van der Waals surface area contributed by atoms with Gasteiger partial charge >= 0.3 is 5.97 Å². The van der Waals surface area contributed by atoms with Crippen LogP contribution < -0.4 is 5.32 Å². The van der Waals surface area contributed by atoms with Crippen LogP contribution in [-0.2, 0) is 4.79 Å². The number of carboxylic acids is 1. The van der Waals surface area contributed by atoms with Gasteiger partial charge in [0.05, 0.1) is 10.8 Å². The van der Waals surface area contributed by atoms with Crippen LogP contribution in [0.2, 0.25) is 0 Å². The van der Waals surface area contributed by atoms with Crippen LogP contribution >= 0.6 is 0 Å². The van der Waals surface area contributed by atoms with Gasteiger partial charge in [0.25, 0.3) is 5.69 Å². The van der Waals surface area contributed by atoms with Crippen molar-refractivity contribution >= 4 is 17.3 Å². The highest BCUT2D eigenvalue weighted by molar-refractivity contribution is 5.71. The van der Waals surface area contributed by atoms with Gasteiger partial charge in [-0.05, 0) is 25.3 Å². The topological polar surface area (TPSA) is 92.5 Å². The standard InChI is InChI=1S/C12H13FN2O4/c13-8-2-4-11(15(18)19)10(6-8)14-9-3-1-7(5-9)12(16)17/h2,4,6-7,9,14H,1,3,5H2,(H,16,17)/t7-,9+/m1/s1. The first-order valence-electron chi connectivity index (χ1n) is 5.90. The van der Waals surface area contributed by atoms with Gasteiger partial charge in [0.2, 0.25) is 0 Å². The molecule has 0 unspecified atom stereocenters. The maximum Gasteiger partial charge on any atom is 0.306 e. The largest absolute Gasteiger partial charge is 0.481 e. The fraction of sp³-hybridized carbons (Fsp3) is 0.417. The molecule has 1 aromatic carbocycles. The molecule has 1 saturated carbocycles. The number of halogens is 1. The van der Waals surface area contributed by atoms with E-state index < -0.39 is 22.6 Å². The fourth-order valence-electron chi connectivity index (χ4n) is 2.34. The molecule has 0 bridgehead atoms. The number of carbonyl (C=O) groups is 1. The molecule has 2 N–H and O–H groups in total. The molecular weight excluding hydrogens is 255 g/mol. The van der Waals surface area contributed by atoms with Gasteiger partial charge in [0.15, 0.2) is 0 Å². The molecule has 0 amide bonds. The van der Waals surface area contributed by atoms with E-state index in [1.54, 1.807) is 0 Å². The summed E-state index contributed by atoms with van der Waals surface area (Å²) in [6.45, 7) is 0. The number of nitrogens with zero attached hydrogens (tertiary/aromatic N) is 1. The summed E-state index contributed by atoms with van der Waals surface area (Å²) in [6.07, 6.45) is 1.52. The normalized spacial score (nSPS) is 22.2. The summed E-state index contributed by atoms with van der Waals surface area (Å²) in [4.78, 5) is 21.1. The molecule has 102 valence electrons. The van der Waals surface area contributed by atoms with Gasteiger partial charge < -0.3 is 10.4 Å². The Morgan fingerprint density at radius 3 is 2.79 bits per heavy atom. The van der Waals surface area contributed by atoms with Gasteiger partial charge in [-0.1, -0.05) is 0 Å². The molecule has 7 heteroatoms. The van der Waals surface area contributed by atoms with Crippen LogP contribution in [0.1, 0.15) is 19.3 Å². The Balaban J connectivity index is 2.13. The third-order valence-corrected chi connectivity index (χ3v) is 3.30. The van der Waals surface area contributed by atoms with E-state index in [-0.39, 0.29) is 17.4 Å². The lowest BCUT2D eigenvalue weighted by Gasteiger charge is -2.14. The molecule has 19 heavy (non-hydrogen) atoms. The summed E-state index contributed by atoms with van der Waals surface area (Å²) in [6, 6.07) is 3.01.